The molecule has 3 atom stereocenters. The van der Waals surface area contributed by atoms with E-state index in [4.69, 9.17) is 4.74 Å². The summed E-state index contributed by atoms with van der Waals surface area (Å²) in [6.07, 6.45) is 6.19. The first-order chi connectivity index (χ1) is 8.15. The van der Waals surface area contributed by atoms with E-state index < -0.39 is 0 Å². The second-order valence-electron chi connectivity index (χ2n) is 6.10. The van der Waals surface area contributed by atoms with Crippen LogP contribution in [0.5, 0.6) is 0 Å². The molecule has 2 aliphatic carbocycles. The topological polar surface area (TPSA) is 41.5 Å². The molecule has 0 radical (unpaired) electrons. The second-order valence-corrected chi connectivity index (χ2v) is 6.10. The van der Waals surface area contributed by atoms with Crippen LogP contribution in [0.15, 0.2) is 0 Å². The van der Waals surface area contributed by atoms with Gasteiger partial charge in [0.25, 0.3) is 0 Å². The summed E-state index contributed by atoms with van der Waals surface area (Å²) in [5, 5.41) is 13.2. The minimum absolute atomic E-state index is 0.345. The molecular formula is C14H27NO2. The highest BCUT2D eigenvalue weighted by Crippen LogP contribution is 2.29. The predicted molar refractivity (Wildman–Crippen MR) is 69.0 cm³/mol. The predicted octanol–water partition coefficient (Wildman–Crippen LogP) is 1.94. The van der Waals surface area contributed by atoms with Crippen molar-refractivity contribution in [1.29, 1.82) is 0 Å². The Bertz CT molecular complexity index is 226. The highest BCUT2D eigenvalue weighted by Gasteiger charge is 2.32. The molecule has 0 heterocycles. The summed E-state index contributed by atoms with van der Waals surface area (Å²) in [7, 11) is 0. The molecule has 0 aromatic heterocycles. The molecule has 3 unspecified atom stereocenters. The molecule has 3 heteroatoms. The number of nitrogens with one attached hydrogen (secondary N) is 1. The second kappa shape index (κ2) is 6.17. The Kier molecular flexibility index (Phi) is 4.83. The van der Waals surface area contributed by atoms with Crippen molar-refractivity contribution in [3.05, 3.63) is 0 Å². The normalized spacial score (nSPS) is 39.0. The quantitative estimate of drug-likeness (QED) is 0.747. The Balaban J connectivity index is 1.51. The monoisotopic (exact) mass is 241 g/mol. The number of hydrogen-bond acceptors (Lipinski definition) is 3. The van der Waals surface area contributed by atoms with Crippen LogP contribution < -0.4 is 5.32 Å². The zero-order chi connectivity index (χ0) is 12.3. The van der Waals surface area contributed by atoms with Crippen LogP contribution >= 0.6 is 0 Å². The summed E-state index contributed by atoms with van der Waals surface area (Å²) in [6.45, 7) is 5.72. The summed E-state index contributed by atoms with van der Waals surface area (Å²) in [5.41, 5.74) is 0. The maximum absolute atomic E-state index is 9.81. The van der Waals surface area contributed by atoms with Crippen molar-refractivity contribution in [2.75, 3.05) is 13.2 Å². The van der Waals surface area contributed by atoms with Crippen molar-refractivity contribution in [2.45, 2.75) is 64.2 Å². The Morgan fingerprint density at radius 3 is 2.47 bits per heavy atom. The number of aliphatic hydroxyl groups excluding tert-OH is 1. The van der Waals surface area contributed by atoms with E-state index in [1.165, 1.54) is 32.1 Å². The summed E-state index contributed by atoms with van der Waals surface area (Å²) >= 11 is 0. The van der Waals surface area contributed by atoms with Gasteiger partial charge in [0.15, 0.2) is 0 Å². The lowest BCUT2D eigenvalue weighted by molar-refractivity contribution is -0.0279. The third kappa shape index (κ3) is 4.57. The lowest BCUT2D eigenvalue weighted by Gasteiger charge is -2.27. The first kappa shape index (κ1) is 13.3. The molecule has 0 aliphatic heterocycles. The van der Waals surface area contributed by atoms with Gasteiger partial charge in [0.2, 0.25) is 0 Å². The third-order valence-corrected chi connectivity index (χ3v) is 4.21. The van der Waals surface area contributed by atoms with Gasteiger partial charge in [0.1, 0.15) is 0 Å². The third-order valence-electron chi connectivity index (χ3n) is 4.21. The first-order valence-corrected chi connectivity index (χ1v) is 7.18. The van der Waals surface area contributed by atoms with E-state index in [0.717, 1.165) is 11.8 Å². The minimum atomic E-state index is -0.345. The lowest BCUT2D eigenvalue weighted by atomic mass is 9.89. The maximum atomic E-state index is 9.81. The fourth-order valence-corrected chi connectivity index (χ4v) is 2.60. The van der Waals surface area contributed by atoms with Crippen molar-refractivity contribution >= 4 is 0 Å². The van der Waals surface area contributed by atoms with Crippen LogP contribution in [0.4, 0.5) is 0 Å². The standard InChI is InChI=1S/C14H27NO2/c1-10-3-5-13(6-4-10)17-9-12(16)8-15-14-7-11(14)2/h10-16H,3-9H2,1-2H3. The van der Waals surface area contributed by atoms with Crippen LogP contribution in [0.1, 0.15) is 46.0 Å². The van der Waals surface area contributed by atoms with Gasteiger partial charge in [0, 0.05) is 12.6 Å². The molecule has 2 rings (SSSR count). The summed E-state index contributed by atoms with van der Waals surface area (Å²) in [5.74, 6) is 1.65. The molecular weight excluding hydrogens is 214 g/mol. The smallest absolute Gasteiger partial charge is 0.0897 e. The summed E-state index contributed by atoms with van der Waals surface area (Å²) < 4.78 is 5.78. The Labute approximate surface area is 105 Å². The van der Waals surface area contributed by atoms with Crippen molar-refractivity contribution in [2.24, 2.45) is 11.8 Å². The zero-order valence-electron chi connectivity index (χ0n) is 11.2. The van der Waals surface area contributed by atoms with Crippen LogP contribution in [-0.4, -0.2) is 36.5 Å². The van der Waals surface area contributed by atoms with Gasteiger partial charge in [-0.3, -0.25) is 0 Å². The van der Waals surface area contributed by atoms with E-state index in [9.17, 15) is 5.11 Å². The average molecular weight is 241 g/mol. The van der Waals surface area contributed by atoms with Crippen LogP contribution in [0.3, 0.4) is 0 Å². The molecule has 100 valence electrons. The molecule has 0 aromatic carbocycles. The highest BCUT2D eigenvalue weighted by molar-refractivity contribution is 4.90. The SMILES string of the molecule is CC1CCC(OCC(O)CNC2CC2C)CC1. The van der Waals surface area contributed by atoms with Crippen molar-refractivity contribution in [1.82, 2.24) is 5.32 Å². The first-order valence-electron chi connectivity index (χ1n) is 7.18. The summed E-state index contributed by atoms with van der Waals surface area (Å²) in [6, 6.07) is 0.639. The van der Waals surface area contributed by atoms with Crippen molar-refractivity contribution in [3.8, 4) is 0 Å². The fourth-order valence-electron chi connectivity index (χ4n) is 2.60. The van der Waals surface area contributed by atoms with E-state index in [2.05, 4.69) is 19.2 Å². The molecule has 2 N–H and O–H groups in total. The molecule has 0 bridgehead atoms. The molecule has 0 amide bonds. The van der Waals surface area contributed by atoms with E-state index >= 15 is 0 Å². The van der Waals surface area contributed by atoms with E-state index in [-0.39, 0.29) is 6.10 Å². The van der Waals surface area contributed by atoms with Crippen LogP contribution in [0.25, 0.3) is 0 Å². The van der Waals surface area contributed by atoms with Crippen LogP contribution in [0.2, 0.25) is 0 Å². The van der Waals surface area contributed by atoms with Gasteiger partial charge >= 0.3 is 0 Å². The van der Waals surface area contributed by atoms with Gasteiger partial charge in [-0.2, -0.15) is 0 Å². The number of hydrogen-bond donors (Lipinski definition) is 2. The van der Waals surface area contributed by atoms with E-state index in [1.54, 1.807) is 0 Å². The lowest BCUT2D eigenvalue weighted by Crippen LogP contribution is -2.34. The van der Waals surface area contributed by atoms with E-state index in [1.807, 2.05) is 0 Å². The summed E-state index contributed by atoms with van der Waals surface area (Å²) in [4.78, 5) is 0. The molecule has 2 saturated carbocycles. The van der Waals surface area contributed by atoms with Crippen LogP contribution in [-0.2, 0) is 4.74 Å². The Morgan fingerprint density at radius 2 is 1.88 bits per heavy atom. The fraction of sp³-hybridized carbons (Fsp3) is 1.00. The van der Waals surface area contributed by atoms with Gasteiger partial charge in [-0.25, -0.2) is 0 Å². The minimum Gasteiger partial charge on any atom is -0.389 e. The van der Waals surface area contributed by atoms with Crippen molar-refractivity contribution < 1.29 is 9.84 Å². The highest BCUT2D eigenvalue weighted by atomic mass is 16.5. The number of rotatable bonds is 6. The molecule has 2 aliphatic rings. The molecule has 0 aromatic rings. The van der Waals surface area contributed by atoms with Gasteiger partial charge in [-0.05, 0) is 43.9 Å². The molecule has 3 nitrogen and oxygen atoms in total. The molecule has 0 spiro atoms. The largest absolute Gasteiger partial charge is 0.389 e. The number of aliphatic hydroxyl groups is 1. The maximum Gasteiger partial charge on any atom is 0.0897 e. The Morgan fingerprint density at radius 1 is 1.24 bits per heavy atom. The van der Waals surface area contributed by atoms with Crippen molar-refractivity contribution in [3.63, 3.8) is 0 Å². The van der Waals surface area contributed by atoms with Gasteiger partial charge in [-0.15, -0.1) is 0 Å². The van der Waals surface area contributed by atoms with Gasteiger partial charge in [0.05, 0.1) is 18.8 Å². The zero-order valence-corrected chi connectivity index (χ0v) is 11.2. The average Bonchev–Trinajstić information content (AvgIpc) is 3.02. The van der Waals surface area contributed by atoms with Gasteiger partial charge in [-0.1, -0.05) is 13.8 Å². The van der Waals surface area contributed by atoms with E-state index in [0.29, 0.717) is 25.3 Å². The van der Waals surface area contributed by atoms with Crippen LogP contribution in [0, 0.1) is 11.8 Å². The Hall–Kier alpha value is -0.120. The molecule has 2 fully saturated rings. The number of ether oxygens (including phenoxy) is 1. The molecule has 17 heavy (non-hydrogen) atoms. The van der Waals surface area contributed by atoms with Gasteiger partial charge < -0.3 is 15.2 Å². The molecule has 0 saturated heterocycles.